The zero-order valence-corrected chi connectivity index (χ0v) is 31.1. The molecule has 2 aromatic carbocycles. The summed E-state index contributed by atoms with van der Waals surface area (Å²) >= 11 is 7.86. The second-order valence-electron chi connectivity index (χ2n) is 15.0. The fraction of sp³-hybridized carbons (Fsp3) is 0.400. The second-order valence-corrected chi connectivity index (χ2v) is 16.5. The number of likely N-dealkylation sites (tertiary alicyclic amines) is 1. The maximum absolute atomic E-state index is 15.0. The molecule has 4 amide bonds. The van der Waals surface area contributed by atoms with Crippen LogP contribution in [0, 0.1) is 36.0 Å². The number of aryl methyl sites for hydroxylation is 2. The number of amides is 4. The fourth-order valence-electron chi connectivity index (χ4n) is 9.50. The zero-order valence-electron chi connectivity index (χ0n) is 29.5. The summed E-state index contributed by atoms with van der Waals surface area (Å²) in [5.74, 6) is -4.79. The number of fused-ring (bicyclic) bond motifs is 5. The van der Waals surface area contributed by atoms with Crippen LogP contribution in [0.1, 0.15) is 62.5 Å². The molecule has 4 heterocycles. The number of allylic oxidation sites excluding steroid dienone is 2. The van der Waals surface area contributed by atoms with Crippen molar-refractivity contribution in [2.45, 2.75) is 58.3 Å². The summed E-state index contributed by atoms with van der Waals surface area (Å²) < 4.78 is 2.61. The molecule has 4 aromatic rings. The number of carboxylic acid groups (broad SMARTS) is 1. The van der Waals surface area contributed by atoms with E-state index in [0.29, 0.717) is 42.2 Å². The molecule has 4 aliphatic rings. The van der Waals surface area contributed by atoms with E-state index in [2.05, 4.69) is 0 Å². The lowest BCUT2D eigenvalue weighted by Crippen LogP contribution is -2.48. The van der Waals surface area contributed by atoms with Crippen LogP contribution >= 0.6 is 22.9 Å². The molecule has 11 nitrogen and oxygen atoms in total. The van der Waals surface area contributed by atoms with E-state index in [1.807, 2.05) is 38.1 Å². The molecule has 3 fully saturated rings. The van der Waals surface area contributed by atoms with E-state index in [9.17, 15) is 29.1 Å². The number of carbonyl (C=O) groups excluding carboxylic acids is 4. The Morgan fingerprint density at radius 1 is 1.00 bits per heavy atom. The number of thiophene rings is 1. The first-order chi connectivity index (χ1) is 25.3. The second kappa shape index (κ2) is 12.9. The maximum atomic E-state index is 15.0. The van der Waals surface area contributed by atoms with Crippen molar-refractivity contribution in [2.75, 3.05) is 11.4 Å². The number of carboxylic acids is 1. The first-order valence-corrected chi connectivity index (χ1v) is 19.2. The number of anilines is 1. The number of hydrogen-bond donors (Lipinski definition) is 2. The Kier molecular flexibility index (Phi) is 8.61. The van der Waals surface area contributed by atoms with Gasteiger partial charge in [-0.25, -0.2) is 4.90 Å². The number of unbranched alkanes of at least 4 members (excludes halogenated alkanes) is 2. The minimum Gasteiger partial charge on any atom is -0.508 e. The van der Waals surface area contributed by atoms with Crippen LogP contribution in [0.5, 0.6) is 5.75 Å². The number of hydrogen-bond acceptors (Lipinski definition) is 8. The van der Waals surface area contributed by atoms with E-state index in [-0.39, 0.29) is 48.8 Å². The molecule has 8 rings (SSSR count). The fourth-order valence-corrected chi connectivity index (χ4v) is 10.8. The van der Waals surface area contributed by atoms with E-state index < -0.39 is 41.0 Å². The largest absolute Gasteiger partial charge is 0.508 e. The third kappa shape index (κ3) is 5.43. The number of imide groups is 2. The highest BCUT2D eigenvalue weighted by Crippen LogP contribution is 2.63. The van der Waals surface area contributed by atoms with Gasteiger partial charge in [-0.3, -0.25) is 33.6 Å². The van der Waals surface area contributed by atoms with Crippen LogP contribution in [0.4, 0.5) is 5.82 Å². The number of phenols is 1. The summed E-state index contributed by atoms with van der Waals surface area (Å²) in [5, 5.41) is 25.6. The average Bonchev–Trinajstić information content (AvgIpc) is 3.79. The Morgan fingerprint density at radius 2 is 1.75 bits per heavy atom. The van der Waals surface area contributed by atoms with Crippen LogP contribution in [-0.4, -0.2) is 61.0 Å². The third-order valence-electron chi connectivity index (χ3n) is 12.1. The van der Waals surface area contributed by atoms with Crippen molar-refractivity contribution < 1.29 is 34.2 Å². The monoisotopic (exact) mass is 754 g/mol. The Balaban J connectivity index is 1.16. The van der Waals surface area contributed by atoms with Gasteiger partial charge in [0, 0.05) is 41.7 Å². The van der Waals surface area contributed by atoms with E-state index in [1.165, 1.54) is 9.80 Å². The number of phenolic OH excluding ortho intramolecular Hbond substituents is 1. The molecule has 13 heteroatoms. The molecule has 0 unspecified atom stereocenters. The Labute approximate surface area is 314 Å². The number of rotatable bonds is 9. The SMILES string of the molecule is Cc1c(-c2cc(N3C(=O)[C@@H]4C[C@@H]5C(=CC[C@@H]6C(=O)N(CCCCCC(=O)O)C(=O)[C@@H]65)[C@H](c5ccc(O)cc5)[C@]4(C)C3=O)n(C)n2)sc2ccc(Cl)cc12. The van der Waals surface area contributed by atoms with Gasteiger partial charge in [-0.15, -0.1) is 11.3 Å². The summed E-state index contributed by atoms with van der Waals surface area (Å²) in [6, 6.07) is 14.2. The molecule has 2 saturated heterocycles. The number of carbonyl (C=O) groups is 5. The highest BCUT2D eigenvalue weighted by Gasteiger charge is 2.67. The number of benzene rings is 2. The molecule has 0 spiro atoms. The molecular weight excluding hydrogens is 716 g/mol. The van der Waals surface area contributed by atoms with Gasteiger partial charge in [0.2, 0.25) is 23.6 Å². The molecule has 2 aliphatic carbocycles. The van der Waals surface area contributed by atoms with Gasteiger partial charge >= 0.3 is 5.97 Å². The van der Waals surface area contributed by atoms with E-state index in [4.69, 9.17) is 21.8 Å². The number of aromatic hydroxyl groups is 1. The number of aliphatic carboxylic acids is 1. The predicted octanol–water partition coefficient (Wildman–Crippen LogP) is 6.84. The Morgan fingerprint density at radius 3 is 2.49 bits per heavy atom. The lowest BCUT2D eigenvalue weighted by atomic mass is 9.51. The standard InChI is InChI=1S/C40H39ClN4O7S/c1-20-26-17-22(41)10-15-30(26)53-35(20)29-19-31(43(3)42-29)45-37(50)28-18-27-24(34(40(28,2)39(45)52)21-8-11-23(46)12-9-21)13-14-25-33(27)38(51)44(36(25)49)16-6-4-5-7-32(47)48/h8-13,15,17,19,25,27-28,33-34,46H,4-7,14,16,18H2,1-3H3,(H,47,48)/t25-,27+,28-,33-,34-,40+/m0/s1. The van der Waals surface area contributed by atoms with Crippen LogP contribution in [0.3, 0.4) is 0 Å². The van der Waals surface area contributed by atoms with Gasteiger partial charge in [0.15, 0.2) is 0 Å². The molecule has 0 bridgehead atoms. The van der Waals surface area contributed by atoms with Gasteiger partial charge in [0.05, 0.1) is 28.0 Å². The van der Waals surface area contributed by atoms with E-state index in [1.54, 1.807) is 53.4 Å². The summed E-state index contributed by atoms with van der Waals surface area (Å²) in [6.07, 6.45) is 4.15. The topological polar surface area (TPSA) is 150 Å². The molecule has 53 heavy (non-hydrogen) atoms. The average molecular weight is 755 g/mol. The maximum Gasteiger partial charge on any atom is 0.303 e. The van der Waals surface area contributed by atoms with Crippen LogP contribution in [0.15, 0.2) is 60.2 Å². The minimum absolute atomic E-state index is 0.0330. The van der Waals surface area contributed by atoms with Crippen molar-refractivity contribution in [3.63, 3.8) is 0 Å². The van der Waals surface area contributed by atoms with Crippen LogP contribution in [-0.2, 0) is 31.0 Å². The first-order valence-electron chi connectivity index (χ1n) is 18.0. The minimum atomic E-state index is -1.23. The third-order valence-corrected chi connectivity index (χ3v) is 13.6. The van der Waals surface area contributed by atoms with Gasteiger partial charge in [0.25, 0.3) is 0 Å². The van der Waals surface area contributed by atoms with Gasteiger partial charge in [-0.05, 0) is 92.3 Å². The Hall–Kier alpha value is -4.81. The van der Waals surface area contributed by atoms with E-state index >= 15 is 0 Å². The van der Waals surface area contributed by atoms with Crippen LogP contribution < -0.4 is 4.90 Å². The molecule has 1 saturated carbocycles. The van der Waals surface area contributed by atoms with Crippen molar-refractivity contribution in [1.29, 1.82) is 0 Å². The van der Waals surface area contributed by atoms with Crippen molar-refractivity contribution >= 4 is 68.4 Å². The molecular formula is C40H39ClN4O7S. The molecule has 274 valence electrons. The predicted molar refractivity (Wildman–Crippen MR) is 199 cm³/mol. The van der Waals surface area contributed by atoms with Crippen LogP contribution in [0.25, 0.3) is 20.7 Å². The first kappa shape index (κ1) is 35.2. The molecule has 6 atom stereocenters. The van der Waals surface area contributed by atoms with Gasteiger partial charge in [-0.2, -0.15) is 5.10 Å². The van der Waals surface area contributed by atoms with Crippen molar-refractivity contribution in [3.05, 3.63) is 76.3 Å². The highest BCUT2D eigenvalue weighted by molar-refractivity contribution is 7.22. The molecule has 2 N–H and O–H groups in total. The van der Waals surface area contributed by atoms with Gasteiger partial charge < -0.3 is 10.2 Å². The number of nitrogens with zero attached hydrogens (tertiary/aromatic N) is 4. The van der Waals surface area contributed by atoms with E-state index in [0.717, 1.165) is 31.7 Å². The Bertz CT molecular complexity index is 2260. The van der Waals surface area contributed by atoms with Crippen molar-refractivity contribution in [3.8, 4) is 16.3 Å². The smallest absolute Gasteiger partial charge is 0.303 e. The molecule has 2 aliphatic heterocycles. The van der Waals surface area contributed by atoms with Crippen molar-refractivity contribution in [2.24, 2.45) is 36.1 Å². The van der Waals surface area contributed by atoms with Gasteiger partial charge in [-0.1, -0.05) is 41.8 Å². The quantitative estimate of drug-likeness (QED) is 0.107. The molecule has 0 radical (unpaired) electrons. The highest BCUT2D eigenvalue weighted by atomic mass is 35.5. The lowest BCUT2D eigenvalue weighted by Gasteiger charge is -2.49. The normalized spacial score (nSPS) is 26.6. The lowest BCUT2D eigenvalue weighted by molar-refractivity contribution is -0.141. The summed E-state index contributed by atoms with van der Waals surface area (Å²) in [7, 11) is 1.71. The molecule has 2 aromatic heterocycles. The number of halogens is 1. The van der Waals surface area contributed by atoms with Crippen LogP contribution in [0.2, 0.25) is 5.02 Å². The van der Waals surface area contributed by atoms with Crippen molar-refractivity contribution in [1.82, 2.24) is 14.7 Å². The zero-order chi connectivity index (χ0) is 37.5. The summed E-state index contributed by atoms with van der Waals surface area (Å²) in [4.78, 5) is 72.0. The summed E-state index contributed by atoms with van der Waals surface area (Å²) in [6.45, 7) is 4.05. The van der Waals surface area contributed by atoms with Gasteiger partial charge in [0.1, 0.15) is 17.3 Å². The number of aromatic nitrogens is 2. The summed E-state index contributed by atoms with van der Waals surface area (Å²) in [5.41, 5.74) is 2.01.